The SMILES string of the molecule is COC(CO)CCn1ccc(=O)[nH]c1=O. The minimum Gasteiger partial charge on any atom is -0.394 e. The Kier molecular flexibility index (Phi) is 4.26. The highest BCUT2D eigenvalue weighted by Gasteiger charge is 2.05. The number of aliphatic hydroxyl groups excluding tert-OH is 1. The number of aryl methyl sites for hydroxylation is 1. The first kappa shape index (κ1) is 11.7. The summed E-state index contributed by atoms with van der Waals surface area (Å²) in [4.78, 5) is 24.1. The molecule has 1 atom stereocenters. The number of hydrogen-bond acceptors (Lipinski definition) is 4. The molecule has 6 nitrogen and oxygen atoms in total. The predicted molar refractivity (Wildman–Crippen MR) is 53.8 cm³/mol. The molecule has 1 heterocycles. The van der Waals surface area contributed by atoms with E-state index in [1.165, 1.54) is 23.9 Å². The lowest BCUT2D eigenvalue weighted by molar-refractivity contribution is 0.0401. The molecular formula is C9H14N2O4. The van der Waals surface area contributed by atoms with Crippen LogP contribution < -0.4 is 11.2 Å². The third kappa shape index (κ3) is 3.34. The van der Waals surface area contributed by atoms with Crippen molar-refractivity contribution in [3.63, 3.8) is 0 Å². The predicted octanol–water partition coefficient (Wildman–Crippen LogP) is -1.07. The second kappa shape index (κ2) is 5.47. The average molecular weight is 214 g/mol. The van der Waals surface area contributed by atoms with Crippen LogP contribution in [0, 0.1) is 0 Å². The minimum absolute atomic E-state index is 0.0887. The summed E-state index contributed by atoms with van der Waals surface area (Å²) in [5, 5.41) is 8.85. The van der Waals surface area contributed by atoms with E-state index >= 15 is 0 Å². The quantitative estimate of drug-likeness (QED) is 0.654. The van der Waals surface area contributed by atoms with Gasteiger partial charge < -0.3 is 14.4 Å². The lowest BCUT2D eigenvalue weighted by atomic mass is 10.2. The van der Waals surface area contributed by atoms with Crippen LogP contribution in [0.25, 0.3) is 0 Å². The van der Waals surface area contributed by atoms with E-state index in [0.29, 0.717) is 13.0 Å². The van der Waals surface area contributed by atoms with E-state index in [9.17, 15) is 9.59 Å². The molecule has 1 aromatic heterocycles. The molecule has 6 heteroatoms. The highest BCUT2D eigenvalue weighted by molar-refractivity contribution is 4.82. The van der Waals surface area contributed by atoms with Crippen LogP contribution in [0.1, 0.15) is 6.42 Å². The average Bonchev–Trinajstić information content (AvgIpc) is 2.22. The van der Waals surface area contributed by atoms with Gasteiger partial charge in [0.05, 0.1) is 12.7 Å². The Morgan fingerprint density at radius 2 is 2.33 bits per heavy atom. The zero-order valence-electron chi connectivity index (χ0n) is 8.47. The molecule has 0 aliphatic carbocycles. The van der Waals surface area contributed by atoms with Crippen LogP contribution in [0.3, 0.4) is 0 Å². The van der Waals surface area contributed by atoms with Crippen molar-refractivity contribution < 1.29 is 9.84 Å². The lowest BCUT2D eigenvalue weighted by Gasteiger charge is -2.12. The topological polar surface area (TPSA) is 84.3 Å². The van der Waals surface area contributed by atoms with Gasteiger partial charge in [0.1, 0.15) is 0 Å². The number of methoxy groups -OCH3 is 1. The molecule has 0 aliphatic rings. The fourth-order valence-corrected chi connectivity index (χ4v) is 1.19. The number of hydrogen-bond donors (Lipinski definition) is 2. The lowest BCUT2D eigenvalue weighted by Crippen LogP contribution is -2.30. The smallest absolute Gasteiger partial charge is 0.328 e. The van der Waals surface area contributed by atoms with Crippen molar-refractivity contribution in [2.45, 2.75) is 19.1 Å². The van der Waals surface area contributed by atoms with Crippen molar-refractivity contribution >= 4 is 0 Å². The third-order valence-corrected chi connectivity index (χ3v) is 2.13. The van der Waals surface area contributed by atoms with E-state index < -0.39 is 11.2 Å². The zero-order chi connectivity index (χ0) is 11.3. The number of nitrogens with one attached hydrogen (secondary N) is 1. The van der Waals surface area contributed by atoms with Gasteiger partial charge in [-0.25, -0.2) is 4.79 Å². The first-order valence-corrected chi connectivity index (χ1v) is 4.60. The summed E-state index contributed by atoms with van der Waals surface area (Å²) in [5.41, 5.74) is -0.864. The third-order valence-electron chi connectivity index (χ3n) is 2.13. The molecule has 0 bridgehead atoms. The molecule has 0 saturated carbocycles. The second-order valence-electron chi connectivity index (χ2n) is 3.13. The number of aromatic nitrogens is 2. The molecule has 0 amide bonds. The molecule has 2 N–H and O–H groups in total. The molecule has 0 aromatic carbocycles. The van der Waals surface area contributed by atoms with Crippen molar-refractivity contribution in [3.05, 3.63) is 33.1 Å². The Hall–Kier alpha value is -1.40. The number of nitrogens with zero attached hydrogens (tertiary/aromatic N) is 1. The maximum Gasteiger partial charge on any atom is 0.328 e. The maximum atomic E-state index is 11.2. The van der Waals surface area contributed by atoms with Crippen LogP contribution in [0.5, 0.6) is 0 Å². The largest absolute Gasteiger partial charge is 0.394 e. The highest BCUT2D eigenvalue weighted by Crippen LogP contribution is 1.97. The summed E-state index contributed by atoms with van der Waals surface area (Å²) in [7, 11) is 1.50. The minimum atomic E-state index is -0.449. The van der Waals surface area contributed by atoms with Gasteiger partial charge in [0.2, 0.25) is 0 Å². The molecule has 1 aromatic rings. The molecule has 0 saturated heterocycles. The van der Waals surface area contributed by atoms with Gasteiger partial charge in [-0.1, -0.05) is 0 Å². The van der Waals surface area contributed by atoms with E-state index in [1.54, 1.807) is 0 Å². The van der Waals surface area contributed by atoms with Crippen LogP contribution in [-0.4, -0.2) is 34.5 Å². The molecule has 84 valence electrons. The van der Waals surface area contributed by atoms with E-state index in [4.69, 9.17) is 9.84 Å². The van der Waals surface area contributed by atoms with Crippen molar-refractivity contribution in [1.82, 2.24) is 9.55 Å². The van der Waals surface area contributed by atoms with Crippen LogP contribution in [-0.2, 0) is 11.3 Å². The van der Waals surface area contributed by atoms with Gasteiger partial charge in [0, 0.05) is 25.9 Å². The highest BCUT2D eigenvalue weighted by atomic mass is 16.5. The van der Waals surface area contributed by atoms with E-state index in [1.807, 2.05) is 0 Å². The summed E-state index contributed by atoms with van der Waals surface area (Å²) in [6.07, 6.45) is 1.65. The summed E-state index contributed by atoms with van der Waals surface area (Å²) in [6.45, 7) is 0.309. The number of H-pyrrole nitrogens is 1. The normalized spacial score (nSPS) is 12.7. The van der Waals surface area contributed by atoms with Crippen LogP contribution in [0.2, 0.25) is 0 Å². The fraction of sp³-hybridized carbons (Fsp3) is 0.556. The zero-order valence-corrected chi connectivity index (χ0v) is 8.47. The molecule has 1 rings (SSSR count). The van der Waals surface area contributed by atoms with Gasteiger partial charge in [-0.05, 0) is 6.42 Å². The molecule has 1 unspecified atom stereocenters. The number of aromatic amines is 1. The summed E-state index contributed by atoms with van der Waals surface area (Å²) in [5.74, 6) is 0. The molecule has 0 fully saturated rings. The van der Waals surface area contributed by atoms with Crippen molar-refractivity contribution in [2.75, 3.05) is 13.7 Å². The number of rotatable bonds is 5. The summed E-state index contributed by atoms with van der Waals surface area (Å²) < 4.78 is 6.31. The van der Waals surface area contributed by atoms with Gasteiger partial charge in [-0.3, -0.25) is 9.78 Å². The molecule has 0 radical (unpaired) electrons. The second-order valence-corrected chi connectivity index (χ2v) is 3.13. The van der Waals surface area contributed by atoms with Crippen molar-refractivity contribution in [3.8, 4) is 0 Å². The van der Waals surface area contributed by atoms with Gasteiger partial charge in [0.25, 0.3) is 5.56 Å². The van der Waals surface area contributed by atoms with Gasteiger partial charge in [-0.15, -0.1) is 0 Å². The summed E-state index contributed by atoms with van der Waals surface area (Å²) in [6, 6.07) is 1.28. The Morgan fingerprint density at radius 1 is 1.60 bits per heavy atom. The van der Waals surface area contributed by atoms with Gasteiger partial charge >= 0.3 is 5.69 Å². The monoisotopic (exact) mass is 214 g/mol. The fourth-order valence-electron chi connectivity index (χ4n) is 1.19. The maximum absolute atomic E-state index is 11.2. The van der Waals surface area contributed by atoms with Gasteiger partial charge in [-0.2, -0.15) is 0 Å². The Morgan fingerprint density at radius 3 is 2.87 bits per heavy atom. The van der Waals surface area contributed by atoms with Crippen molar-refractivity contribution in [1.29, 1.82) is 0 Å². The van der Waals surface area contributed by atoms with Crippen LogP contribution >= 0.6 is 0 Å². The first-order chi connectivity index (χ1) is 7.17. The standard InChI is InChI=1S/C9H14N2O4/c1-15-7(6-12)2-4-11-5-3-8(13)10-9(11)14/h3,5,7,12H,2,4,6H2,1H3,(H,10,13,14). The van der Waals surface area contributed by atoms with E-state index in [0.717, 1.165) is 0 Å². The number of aliphatic hydroxyl groups is 1. The Balaban J connectivity index is 2.65. The van der Waals surface area contributed by atoms with E-state index in [2.05, 4.69) is 4.98 Å². The molecule has 15 heavy (non-hydrogen) atoms. The van der Waals surface area contributed by atoms with E-state index in [-0.39, 0.29) is 12.7 Å². The summed E-state index contributed by atoms with van der Waals surface area (Å²) >= 11 is 0. The van der Waals surface area contributed by atoms with Crippen molar-refractivity contribution in [2.24, 2.45) is 0 Å². The van der Waals surface area contributed by atoms with Crippen LogP contribution in [0.15, 0.2) is 21.9 Å². The Labute approximate surface area is 86.1 Å². The van der Waals surface area contributed by atoms with Gasteiger partial charge in [0.15, 0.2) is 0 Å². The molecule has 0 spiro atoms. The molecule has 0 aliphatic heterocycles. The molecular weight excluding hydrogens is 200 g/mol. The first-order valence-electron chi connectivity index (χ1n) is 4.60. The number of ether oxygens (including phenoxy) is 1. The Bertz CT molecular complexity index is 405. The van der Waals surface area contributed by atoms with Crippen LogP contribution in [0.4, 0.5) is 0 Å².